The van der Waals surface area contributed by atoms with E-state index in [1.807, 2.05) is 13.8 Å². The van der Waals surface area contributed by atoms with E-state index in [-0.39, 0.29) is 16.9 Å². The van der Waals surface area contributed by atoms with Crippen molar-refractivity contribution in [1.82, 2.24) is 20.8 Å². The lowest BCUT2D eigenvalue weighted by Crippen LogP contribution is -2.41. The second kappa shape index (κ2) is 9.81. The normalized spacial score (nSPS) is 10.6. The van der Waals surface area contributed by atoms with Crippen LogP contribution in [-0.2, 0) is 4.79 Å². The number of nitrogens with zero attached hydrogens (tertiary/aromatic N) is 2. The Morgan fingerprint density at radius 2 is 1.93 bits per heavy atom. The molecule has 2 rings (SSSR count). The maximum atomic E-state index is 11.8. The number of ether oxygens (including phenoxy) is 2. The van der Waals surface area contributed by atoms with Crippen molar-refractivity contribution in [2.75, 3.05) is 26.5 Å². The number of imide groups is 1. The Morgan fingerprint density at radius 3 is 2.59 bits per heavy atom. The molecule has 1 aromatic heterocycles. The first-order chi connectivity index (χ1) is 12.9. The number of hydrogen-bond acceptors (Lipinski definition) is 8. The number of benzene rings is 1. The number of carbonyl (C=O) groups is 2. The van der Waals surface area contributed by atoms with Crippen LogP contribution < -0.4 is 20.1 Å². The Labute approximate surface area is 161 Å². The summed E-state index contributed by atoms with van der Waals surface area (Å²) >= 11 is 1.04. The molecule has 0 spiro atoms. The van der Waals surface area contributed by atoms with Crippen LogP contribution in [0.15, 0.2) is 27.8 Å². The van der Waals surface area contributed by atoms with Crippen molar-refractivity contribution in [3.63, 3.8) is 0 Å². The molecule has 0 bridgehead atoms. The Balaban J connectivity index is 1.91. The van der Waals surface area contributed by atoms with E-state index in [1.54, 1.807) is 25.3 Å². The van der Waals surface area contributed by atoms with Crippen LogP contribution in [0.4, 0.5) is 4.79 Å². The van der Waals surface area contributed by atoms with Gasteiger partial charge in [0.2, 0.25) is 11.8 Å². The monoisotopic (exact) mass is 394 g/mol. The number of amides is 3. The molecule has 10 heteroatoms. The van der Waals surface area contributed by atoms with Crippen LogP contribution in [0.5, 0.6) is 11.5 Å². The van der Waals surface area contributed by atoms with Crippen molar-refractivity contribution >= 4 is 23.7 Å². The summed E-state index contributed by atoms with van der Waals surface area (Å²) in [6, 6.07) is 4.68. The molecule has 9 nitrogen and oxygen atoms in total. The highest BCUT2D eigenvalue weighted by Crippen LogP contribution is 2.32. The summed E-state index contributed by atoms with van der Waals surface area (Å²) in [4.78, 5) is 23.3. The largest absolute Gasteiger partial charge is 0.493 e. The van der Waals surface area contributed by atoms with E-state index in [4.69, 9.17) is 13.9 Å². The molecule has 2 aromatic rings. The minimum Gasteiger partial charge on any atom is -0.493 e. The third-order valence-electron chi connectivity index (χ3n) is 3.29. The molecular weight excluding hydrogens is 372 g/mol. The minimum atomic E-state index is -0.522. The van der Waals surface area contributed by atoms with E-state index in [0.717, 1.165) is 11.8 Å². The SMILES string of the molecule is COc1ccc(-c2nnc(SCC(=O)NC(=O)NCC(C)C)o2)cc1OC. The lowest BCUT2D eigenvalue weighted by molar-refractivity contribution is -0.117. The molecule has 0 fully saturated rings. The van der Waals surface area contributed by atoms with Crippen LogP contribution in [-0.4, -0.2) is 48.7 Å². The zero-order valence-electron chi connectivity index (χ0n) is 15.6. The number of aromatic nitrogens is 2. The zero-order chi connectivity index (χ0) is 19.8. The topological polar surface area (TPSA) is 116 Å². The number of methoxy groups -OCH3 is 2. The van der Waals surface area contributed by atoms with Crippen LogP contribution in [0.1, 0.15) is 13.8 Å². The van der Waals surface area contributed by atoms with Gasteiger partial charge in [-0.1, -0.05) is 25.6 Å². The molecule has 1 aromatic carbocycles. The van der Waals surface area contributed by atoms with Crippen LogP contribution >= 0.6 is 11.8 Å². The van der Waals surface area contributed by atoms with E-state index in [9.17, 15) is 9.59 Å². The number of carbonyl (C=O) groups excluding carboxylic acids is 2. The second-order valence-electron chi connectivity index (χ2n) is 5.88. The predicted molar refractivity (Wildman–Crippen MR) is 99.9 cm³/mol. The quantitative estimate of drug-likeness (QED) is 0.656. The highest BCUT2D eigenvalue weighted by atomic mass is 32.2. The van der Waals surface area contributed by atoms with E-state index in [1.165, 1.54) is 7.11 Å². The number of hydrogen-bond donors (Lipinski definition) is 2. The van der Waals surface area contributed by atoms with E-state index < -0.39 is 11.9 Å². The summed E-state index contributed by atoms with van der Waals surface area (Å²) in [6.07, 6.45) is 0. The fraction of sp³-hybridized carbons (Fsp3) is 0.412. The van der Waals surface area contributed by atoms with Crippen molar-refractivity contribution in [1.29, 1.82) is 0 Å². The number of thioether (sulfide) groups is 1. The van der Waals surface area contributed by atoms with Gasteiger partial charge in [0.05, 0.1) is 20.0 Å². The fourth-order valence-corrected chi connectivity index (χ4v) is 2.55. The van der Waals surface area contributed by atoms with Gasteiger partial charge in [0.25, 0.3) is 5.22 Å². The maximum absolute atomic E-state index is 11.8. The van der Waals surface area contributed by atoms with Gasteiger partial charge < -0.3 is 19.2 Å². The van der Waals surface area contributed by atoms with Gasteiger partial charge in [0, 0.05) is 12.1 Å². The number of urea groups is 1. The summed E-state index contributed by atoms with van der Waals surface area (Å²) in [5.41, 5.74) is 0.657. The van der Waals surface area contributed by atoms with Gasteiger partial charge in [0.1, 0.15) is 0 Å². The van der Waals surface area contributed by atoms with Gasteiger partial charge >= 0.3 is 6.03 Å². The summed E-state index contributed by atoms with van der Waals surface area (Å²) in [5, 5.41) is 12.9. The Kier molecular flexibility index (Phi) is 7.47. The van der Waals surface area contributed by atoms with Crippen molar-refractivity contribution in [3.8, 4) is 23.0 Å². The molecule has 0 atom stereocenters. The first-order valence-electron chi connectivity index (χ1n) is 8.19. The van der Waals surface area contributed by atoms with Gasteiger partial charge in [-0.25, -0.2) is 4.79 Å². The van der Waals surface area contributed by atoms with Crippen LogP contribution in [0.3, 0.4) is 0 Å². The maximum Gasteiger partial charge on any atom is 0.321 e. The lowest BCUT2D eigenvalue weighted by Gasteiger charge is -2.08. The third kappa shape index (κ3) is 6.17. The first kappa shape index (κ1) is 20.6. The first-order valence-corrected chi connectivity index (χ1v) is 9.17. The van der Waals surface area contributed by atoms with E-state index in [2.05, 4.69) is 20.8 Å². The standard InChI is InChI=1S/C17H22N4O5S/c1-10(2)8-18-16(23)19-14(22)9-27-17-21-20-15(26-17)11-5-6-12(24-3)13(7-11)25-4/h5-7,10H,8-9H2,1-4H3,(H2,18,19,22,23). The van der Waals surface area contributed by atoms with Crippen molar-refractivity contribution in [2.24, 2.45) is 5.92 Å². The van der Waals surface area contributed by atoms with E-state index in [0.29, 0.717) is 29.5 Å². The van der Waals surface area contributed by atoms with Gasteiger partial charge in [0.15, 0.2) is 11.5 Å². The van der Waals surface area contributed by atoms with Gasteiger partial charge in [-0.2, -0.15) is 0 Å². The molecule has 0 radical (unpaired) electrons. The Hall–Kier alpha value is -2.75. The molecule has 146 valence electrons. The molecule has 0 unspecified atom stereocenters. The fourth-order valence-electron chi connectivity index (χ4n) is 1.99. The molecule has 1 heterocycles. The Morgan fingerprint density at radius 1 is 1.19 bits per heavy atom. The minimum absolute atomic E-state index is 0.0251. The highest BCUT2D eigenvalue weighted by molar-refractivity contribution is 7.99. The zero-order valence-corrected chi connectivity index (χ0v) is 16.4. The van der Waals surface area contributed by atoms with Crippen molar-refractivity contribution in [2.45, 2.75) is 19.1 Å². The van der Waals surface area contributed by atoms with Gasteiger partial charge in [-0.15, -0.1) is 10.2 Å². The summed E-state index contributed by atoms with van der Waals surface area (Å²) in [5.74, 6) is 1.23. The van der Waals surface area contributed by atoms with Crippen molar-refractivity contribution in [3.05, 3.63) is 18.2 Å². The van der Waals surface area contributed by atoms with Crippen LogP contribution in [0.25, 0.3) is 11.5 Å². The van der Waals surface area contributed by atoms with Crippen molar-refractivity contribution < 1.29 is 23.5 Å². The highest BCUT2D eigenvalue weighted by Gasteiger charge is 2.14. The van der Waals surface area contributed by atoms with Crippen LogP contribution in [0, 0.1) is 5.92 Å². The summed E-state index contributed by atoms with van der Waals surface area (Å²) in [7, 11) is 3.08. The smallest absolute Gasteiger partial charge is 0.321 e. The Bertz CT molecular complexity index is 793. The van der Waals surface area contributed by atoms with E-state index >= 15 is 0 Å². The van der Waals surface area contributed by atoms with Gasteiger partial charge in [-0.05, 0) is 24.1 Å². The summed E-state index contributed by atoms with van der Waals surface area (Å²) < 4.78 is 16.0. The molecule has 0 aliphatic heterocycles. The average Bonchev–Trinajstić information content (AvgIpc) is 3.13. The number of rotatable bonds is 8. The molecule has 0 aliphatic carbocycles. The third-order valence-corrected chi connectivity index (χ3v) is 4.11. The second-order valence-corrected chi connectivity index (χ2v) is 6.81. The van der Waals surface area contributed by atoms with Crippen LogP contribution in [0.2, 0.25) is 0 Å². The molecule has 0 saturated carbocycles. The van der Waals surface area contributed by atoms with Gasteiger partial charge in [-0.3, -0.25) is 10.1 Å². The number of nitrogens with one attached hydrogen (secondary N) is 2. The summed E-state index contributed by atoms with van der Waals surface area (Å²) in [6.45, 7) is 4.41. The molecule has 27 heavy (non-hydrogen) atoms. The molecular formula is C17H22N4O5S. The molecule has 3 amide bonds. The average molecular weight is 394 g/mol. The lowest BCUT2D eigenvalue weighted by atomic mass is 10.2. The molecule has 2 N–H and O–H groups in total. The molecule has 0 saturated heterocycles. The predicted octanol–water partition coefficient (Wildman–Crippen LogP) is 2.33. The molecule has 0 aliphatic rings.